The molecule has 0 radical (unpaired) electrons. The molecule has 6 heteroatoms. The van der Waals surface area contributed by atoms with Gasteiger partial charge in [0.1, 0.15) is 0 Å². The minimum Gasteiger partial charge on any atom is -0.465 e. The van der Waals surface area contributed by atoms with Crippen LogP contribution in [0.1, 0.15) is 25.7 Å². The van der Waals surface area contributed by atoms with Gasteiger partial charge in [-0.05, 0) is 49.9 Å². The van der Waals surface area contributed by atoms with Crippen LogP contribution in [0.4, 0.5) is 10.5 Å². The van der Waals surface area contributed by atoms with Crippen LogP contribution < -0.4 is 10.6 Å². The van der Waals surface area contributed by atoms with Crippen LogP contribution >= 0.6 is 11.6 Å². The van der Waals surface area contributed by atoms with E-state index in [0.29, 0.717) is 11.1 Å². The van der Waals surface area contributed by atoms with Gasteiger partial charge in [0.05, 0.1) is 5.52 Å². The van der Waals surface area contributed by atoms with Gasteiger partial charge < -0.3 is 15.7 Å². The summed E-state index contributed by atoms with van der Waals surface area (Å²) in [7, 11) is 0. The first-order valence-electron chi connectivity index (χ1n) is 7.42. The molecule has 116 valence electrons. The molecule has 0 bridgehead atoms. The summed E-state index contributed by atoms with van der Waals surface area (Å²) in [6.45, 7) is 0. The molecule has 1 aromatic carbocycles. The molecule has 0 unspecified atom stereocenters. The van der Waals surface area contributed by atoms with Crippen molar-refractivity contribution in [2.75, 3.05) is 5.32 Å². The standard InChI is InChI=1S/C16H18ClN3O2/c17-10-1-6-13-14(7-8-18-15(13)9-10)19-11-2-4-12(5-3-11)20-16(21)22/h1,6-9,11-12,20H,2-5H2,(H,18,19)(H,21,22). The Bertz CT molecular complexity index is 684. The second-order valence-corrected chi connectivity index (χ2v) is 6.10. The number of aromatic nitrogens is 1. The first-order chi connectivity index (χ1) is 10.6. The fraction of sp³-hybridized carbons (Fsp3) is 0.375. The molecule has 3 rings (SSSR count). The molecule has 3 N–H and O–H groups in total. The van der Waals surface area contributed by atoms with E-state index >= 15 is 0 Å². The predicted molar refractivity (Wildman–Crippen MR) is 87.6 cm³/mol. The number of hydrogen-bond acceptors (Lipinski definition) is 3. The van der Waals surface area contributed by atoms with Crippen LogP contribution in [0.2, 0.25) is 5.02 Å². The predicted octanol–water partition coefficient (Wildman–Crippen LogP) is 3.88. The number of fused-ring (bicyclic) bond motifs is 1. The van der Waals surface area contributed by atoms with Crippen LogP contribution in [0.5, 0.6) is 0 Å². The molecule has 0 atom stereocenters. The molecule has 1 amide bonds. The number of rotatable bonds is 3. The van der Waals surface area contributed by atoms with Gasteiger partial charge in [0.25, 0.3) is 0 Å². The molecular formula is C16H18ClN3O2. The Kier molecular flexibility index (Phi) is 4.34. The van der Waals surface area contributed by atoms with Gasteiger partial charge in [0.15, 0.2) is 0 Å². The Morgan fingerprint density at radius 1 is 1.18 bits per heavy atom. The molecule has 1 aromatic heterocycles. The van der Waals surface area contributed by atoms with Crippen LogP contribution in [0.25, 0.3) is 10.9 Å². The summed E-state index contributed by atoms with van der Waals surface area (Å²) < 4.78 is 0. The maximum Gasteiger partial charge on any atom is 0.404 e. The maximum atomic E-state index is 10.7. The quantitative estimate of drug-likeness (QED) is 0.802. The lowest BCUT2D eigenvalue weighted by Gasteiger charge is -2.29. The third-order valence-corrected chi connectivity index (χ3v) is 4.35. The zero-order chi connectivity index (χ0) is 15.5. The third-order valence-electron chi connectivity index (χ3n) is 4.12. The Morgan fingerprint density at radius 2 is 1.91 bits per heavy atom. The first-order valence-corrected chi connectivity index (χ1v) is 7.80. The smallest absolute Gasteiger partial charge is 0.404 e. The highest BCUT2D eigenvalue weighted by Crippen LogP contribution is 2.28. The van der Waals surface area contributed by atoms with E-state index in [9.17, 15) is 4.79 Å². The van der Waals surface area contributed by atoms with Gasteiger partial charge >= 0.3 is 6.09 Å². The number of halogens is 1. The molecule has 0 spiro atoms. The van der Waals surface area contributed by atoms with E-state index in [-0.39, 0.29) is 6.04 Å². The number of amides is 1. The maximum absolute atomic E-state index is 10.7. The summed E-state index contributed by atoms with van der Waals surface area (Å²) in [5.41, 5.74) is 1.93. The Balaban J connectivity index is 1.68. The van der Waals surface area contributed by atoms with Gasteiger partial charge in [0, 0.05) is 34.4 Å². The summed E-state index contributed by atoms with van der Waals surface area (Å²) in [6.07, 6.45) is 4.45. The highest BCUT2D eigenvalue weighted by atomic mass is 35.5. The van der Waals surface area contributed by atoms with Crippen LogP contribution in [0, 0.1) is 0 Å². The third kappa shape index (κ3) is 3.42. The van der Waals surface area contributed by atoms with Gasteiger partial charge in [0.2, 0.25) is 0 Å². The number of hydrogen-bond donors (Lipinski definition) is 3. The molecule has 2 aromatic rings. The Morgan fingerprint density at radius 3 is 2.64 bits per heavy atom. The molecule has 1 aliphatic carbocycles. The number of nitrogens with one attached hydrogen (secondary N) is 2. The SMILES string of the molecule is O=C(O)NC1CCC(Nc2ccnc3cc(Cl)ccc23)CC1. The van der Waals surface area contributed by atoms with Gasteiger partial charge in [-0.15, -0.1) is 0 Å². The Hall–Kier alpha value is -2.01. The molecule has 22 heavy (non-hydrogen) atoms. The lowest BCUT2D eigenvalue weighted by atomic mass is 9.91. The van der Waals surface area contributed by atoms with Gasteiger partial charge in [-0.2, -0.15) is 0 Å². The van der Waals surface area contributed by atoms with E-state index in [4.69, 9.17) is 16.7 Å². The van der Waals surface area contributed by atoms with Gasteiger partial charge in [-0.25, -0.2) is 4.79 Å². The summed E-state index contributed by atoms with van der Waals surface area (Å²) in [5.74, 6) is 0. The van der Waals surface area contributed by atoms with E-state index in [1.165, 1.54) is 0 Å². The summed E-state index contributed by atoms with van der Waals surface area (Å²) in [5, 5.41) is 16.6. The van der Waals surface area contributed by atoms with E-state index in [2.05, 4.69) is 15.6 Å². The average molecular weight is 320 g/mol. The van der Waals surface area contributed by atoms with Crippen LogP contribution in [0.3, 0.4) is 0 Å². The largest absolute Gasteiger partial charge is 0.465 e. The van der Waals surface area contributed by atoms with Crippen molar-refractivity contribution in [2.24, 2.45) is 0 Å². The van der Waals surface area contributed by atoms with Crippen molar-refractivity contribution in [2.45, 2.75) is 37.8 Å². The van der Waals surface area contributed by atoms with Crippen molar-refractivity contribution in [1.29, 1.82) is 0 Å². The number of carbonyl (C=O) groups is 1. The van der Waals surface area contributed by atoms with Crippen molar-refractivity contribution >= 4 is 34.3 Å². The Labute approximate surface area is 133 Å². The molecule has 1 fully saturated rings. The van der Waals surface area contributed by atoms with E-state index in [1.807, 2.05) is 24.3 Å². The minimum atomic E-state index is -0.937. The number of anilines is 1. The van der Waals surface area contributed by atoms with E-state index in [1.54, 1.807) is 6.20 Å². The van der Waals surface area contributed by atoms with Crippen molar-refractivity contribution in [3.05, 3.63) is 35.5 Å². The van der Waals surface area contributed by atoms with Crippen LogP contribution in [-0.2, 0) is 0 Å². The first kappa shape index (κ1) is 14.9. The zero-order valence-corrected chi connectivity index (χ0v) is 12.8. The van der Waals surface area contributed by atoms with Crippen molar-refractivity contribution in [1.82, 2.24) is 10.3 Å². The van der Waals surface area contributed by atoms with Gasteiger partial charge in [-0.1, -0.05) is 11.6 Å². The average Bonchev–Trinajstić information content (AvgIpc) is 2.48. The molecular weight excluding hydrogens is 302 g/mol. The number of nitrogens with zero attached hydrogens (tertiary/aromatic N) is 1. The van der Waals surface area contributed by atoms with E-state index in [0.717, 1.165) is 42.3 Å². The molecule has 1 aliphatic rings. The fourth-order valence-corrected chi connectivity index (χ4v) is 3.19. The number of carboxylic acid groups (broad SMARTS) is 1. The highest BCUT2D eigenvalue weighted by Gasteiger charge is 2.22. The highest BCUT2D eigenvalue weighted by molar-refractivity contribution is 6.31. The zero-order valence-electron chi connectivity index (χ0n) is 12.1. The molecule has 0 saturated heterocycles. The molecule has 0 aliphatic heterocycles. The van der Waals surface area contributed by atoms with Crippen LogP contribution in [-0.4, -0.2) is 28.3 Å². The van der Waals surface area contributed by atoms with Gasteiger partial charge in [-0.3, -0.25) is 4.98 Å². The summed E-state index contributed by atoms with van der Waals surface area (Å²) in [6, 6.07) is 8.10. The number of pyridine rings is 1. The second-order valence-electron chi connectivity index (χ2n) is 5.66. The molecule has 5 nitrogen and oxygen atoms in total. The molecule has 1 heterocycles. The minimum absolute atomic E-state index is 0.0727. The lowest BCUT2D eigenvalue weighted by Crippen LogP contribution is -2.39. The van der Waals surface area contributed by atoms with Crippen molar-refractivity contribution < 1.29 is 9.90 Å². The normalized spacial score (nSPS) is 21.5. The van der Waals surface area contributed by atoms with E-state index < -0.39 is 6.09 Å². The van der Waals surface area contributed by atoms with Crippen LogP contribution in [0.15, 0.2) is 30.5 Å². The van der Waals surface area contributed by atoms with Crippen molar-refractivity contribution in [3.8, 4) is 0 Å². The topological polar surface area (TPSA) is 74.2 Å². The summed E-state index contributed by atoms with van der Waals surface area (Å²) in [4.78, 5) is 15.0. The van der Waals surface area contributed by atoms with Crippen molar-refractivity contribution in [3.63, 3.8) is 0 Å². The fourth-order valence-electron chi connectivity index (χ4n) is 3.02. The second kappa shape index (κ2) is 6.40. The lowest BCUT2D eigenvalue weighted by molar-refractivity contribution is 0.185. The number of benzene rings is 1. The molecule has 1 saturated carbocycles. The summed E-state index contributed by atoms with van der Waals surface area (Å²) >= 11 is 6.01. The monoisotopic (exact) mass is 319 g/mol.